The van der Waals surface area contributed by atoms with Gasteiger partial charge in [0.25, 0.3) is 0 Å². The molecule has 0 aromatic heterocycles. The van der Waals surface area contributed by atoms with Crippen LogP contribution in [-0.4, -0.2) is 30.5 Å². The first-order valence-electron chi connectivity index (χ1n) is 9.60. The third kappa shape index (κ3) is 5.79. The van der Waals surface area contributed by atoms with E-state index in [4.69, 9.17) is 4.74 Å². The van der Waals surface area contributed by atoms with Gasteiger partial charge >= 0.3 is 0 Å². The first-order valence-corrected chi connectivity index (χ1v) is 9.60. The van der Waals surface area contributed by atoms with Crippen LogP contribution in [0.3, 0.4) is 0 Å². The number of hydrogen-bond acceptors (Lipinski definition) is 3. The minimum atomic E-state index is -0.207. The Morgan fingerprint density at radius 3 is 2.59 bits per heavy atom. The molecule has 0 unspecified atom stereocenters. The minimum absolute atomic E-state index is 0.0598. The highest BCUT2D eigenvalue weighted by Gasteiger charge is 2.24. The van der Waals surface area contributed by atoms with Gasteiger partial charge in [-0.05, 0) is 68.2 Å². The number of nitrogens with one attached hydrogen (secondary N) is 1. The van der Waals surface area contributed by atoms with Crippen molar-refractivity contribution in [3.63, 3.8) is 0 Å². The molecule has 5 heteroatoms. The maximum absolute atomic E-state index is 13.0. The molecule has 1 N–H and O–H groups in total. The van der Waals surface area contributed by atoms with Gasteiger partial charge in [-0.15, -0.1) is 0 Å². The van der Waals surface area contributed by atoms with Gasteiger partial charge in [0.05, 0.1) is 6.61 Å². The average Bonchev–Trinajstić information content (AvgIpc) is 2.69. The number of likely N-dealkylation sites (tertiary alicyclic amines) is 1. The molecule has 0 spiro atoms. The fourth-order valence-corrected chi connectivity index (χ4v) is 3.45. The molecule has 0 aliphatic carbocycles. The Hall–Kier alpha value is -2.40. The Morgan fingerprint density at radius 2 is 1.89 bits per heavy atom. The van der Waals surface area contributed by atoms with Crippen LogP contribution >= 0.6 is 0 Å². The van der Waals surface area contributed by atoms with E-state index in [2.05, 4.69) is 10.2 Å². The van der Waals surface area contributed by atoms with Crippen molar-refractivity contribution in [2.24, 2.45) is 5.92 Å². The summed E-state index contributed by atoms with van der Waals surface area (Å²) in [5, 5.41) is 3.05. The molecule has 27 heavy (non-hydrogen) atoms. The van der Waals surface area contributed by atoms with Gasteiger partial charge < -0.3 is 10.1 Å². The Morgan fingerprint density at radius 1 is 1.15 bits per heavy atom. The fourth-order valence-electron chi connectivity index (χ4n) is 3.45. The van der Waals surface area contributed by atoms with Gasteiger partial charge in [0.2, 0.25) is 5.91 Å². The van der Waals surface area contributed by atoms with Gasteiger partial charge in [-0.1, -0.05) is 24.3 Å². The van der Waals surface area contributed by atoms with Crippen LogP contribution in [0.25, 0.3) is 0 Å². The van der Waals surface area contributed by atoms with Gasteiger partial charge in [0.1, 0.15) is 11.6 Å². The van der Waals surface area contributed by atoms with Crippen molar-refractivity contribution in [3.8, 4) is 5.75 Å². The highest BCUT2D eigenvalue weighted by atomic mass is 19.1. The van der Waals surface area contributed by atoms with Crippen molar-refractivity contribution in [3.05, 3.63) is 65.5 Å². The molecule has 2 aromatic carbocycles. The third-order valence-corrected chi connectivity index (χ3v) is 4.95. The smallest absolute Gasteiger partial charge is 0.223 e. The van der Waals surface area contributed by atoms with Crippen LogP contribution in [0.15, 0.2) is 48.5 Å². The van der Waals surface area contributed by atoms with Crippen molar-refractivity contribution in [1.82, 2.24) is 10.2 Å². The molecule has 2 aromatic rings. The van der Waals surface area contributed by atoms with E-state index in [0.29, 0.717) is 13.2 Å². The number of benzene rings is 2. The van der Waals surface area contributed by atoms with E-state index < -0.39 is 0 Å². The maximum atomic E-state index is 13.0. The summed E-state index contributed by atoms with van der Waals surface area (Å²) in [7, 11) is 0. The molecular formula is C22H27FN2O2. The second kappa shape index (κ2) is 9.51. The number of nitrogens with zero attached hydrogens (tertiary/aromatic N) is 1. The van der Waals surface area contributed by atoms with E-state index in [1.807, 2.05) is 43.3 Å². The normalized spacial score (nSPS) is 15.5. The number of ether oxygens (including phenoxy) is 1. The number of carbonyl (C=O) groups excluding carboxylic acids is 1. The van der Waals surface area contributed by atoms with E-state index in [-0.39, 0.29) is 17.6 Å². The molecule has 1 amide bonds. The standard InChI is InChI=1S/C22H27FN2O2/c1-2-27-21-5-3-4-18(14-21)15-24-22(26)19-10-12-25(13-11-19)16-17-6-8-20(23)9-7-17/h3-9,14,19H,2,10-13,15-16H2,1H3,(H,24,26). The molecule has 0 bridgehead atoms. The molecular weight excluding hydrogens is 343 g/mol. The zero-order valence-corrected chi connectivity index (χ0v) is 15.8. The molecule has 0 atom stereocenters. The van der Waals surface area contributed by atoms with Crippen molar-refractivity contribution in [1.29, 1.82) is 0 Å². The number of piperidine rings is 1. The SMILES string of the molecule is CCOc1cccc(CNC(=O)C2CCN(Cc3ccc(F)cc3)CC2)c1. The summed E-state index contributed by atoms with van der Waals surface area (Å²) >= 11 is 0. The van der Waals surface area contributed by atoms with Gasteiger partial charge in [0, 0.05) is 19.0 Å². The highest BCUT2D eigenvalue weighted by molar-refractivity contribution is 5.78. The quantitative estimate of drug-likeness (QED) is 0.807. The van der Waals surface area contributed by atoms with Crippen molar-refractivity contribution < 1.29 is 13.9 Å². The first kappa shape index (κ1) is 19.4. The van der Waals surface area contributed by atoms with Crippen molar-refractivity contribution in [2.75, 3.05) is 19.7 Å². The summed E-state index contributed by atoms with van der Waals surface area (Å²) in [5.74, 6) is 0.807. The highest BCUT2D eigenvalue weighted by Crippen LogP contribution is 2.20. The first-order chi connectivity index (χ1) is 13.1. The van der Waals surface area contributed by atoms with E-state index in [0.717, 1.165) is 49.4 Å². The summed E-state index contributed by atoms with van der Waals surface area (Å²) in [5.41, 5.74) is 2.15. The molecule has 3 rings (SSSR count). The Balaban J connectivity index is 1.43. The summed E-state index contributed by atoms with van der Waals surface area (Å²) in [4.78, 5) is 14.8. The fraction of sp³-hybridized carbons (Fsp3) is 0.409. The van der Waals surface area contributed by atoms with Crippen molar-refractivity contribution >= 4 is 5.91 Å². The second-order valence-corrected chi connectivity index (χ2v) is 6.98. The number of rotatable bonds is 7. The van der Waals surface area contributed by atoms with Crippen LogP contribution in [0, 0.1) is 11.7 Å². The van der Waals surface area contributed by atoms with E-state index in [1.54, 1.807) is 0 Å². The largest absolute Gasteiger partial charge is 0.494 e. The molecule has 1 aliphatic rings. The lowest BCUT2D eigenvalue weighted by Crippen LogP contribution is -2.40. The van der Waals surface area contributed by atoms with Crippen LogP contribution in [0.1, 0.15) is 30.9 Å². The zero-order valence-electron chi connectivity index (χ0n) is 15.8. The van der Waals surface area contributed by atoms with E-state index in [9.17, 15) is 9.18 Å². The molecule has 4 nitrogen and oxygen atoms in total. The molecule has 1 fully saturated rings. The second-order valence-electron chi connectivity index (χ2n) is 6.98. The summed E-state index contributed by atoms with van der Waals surface area (Å²) in [6, 6.07) is 14.5. The minimum Gasteiger partial charge on any atom is -0.494 e. The van der Waals surface area contributed by atoms with Gasteiger partial charge in [-0.2, -0.15) is 0 Å². The summed E-state index contributed by atoms with van der Waals surface area (Å²) in [6.45, 7) is 5.68. The van der Waals surface area contributed by atoms with Crippen LogP contribution in [0.4, 0.5) is 4.39 Å². The Bertz CT molecular complexity index is 740. The number of halogens is 1. The van der Waals surface area contributed by atoms with Crippen LogP contribution in [-0.2, 0) is 17.9 Å². The Labute approximate surface area is 160 Å². The molecule has 1 aliphatic heterocycles. The molecule has 0 saturated carbocycles. The topological polar surface area (TPSA) is 41.6 Å². The lowest BCUT2D eigenvalue weighted by Gasteiger charge is -2.31. The lowest BCUT2D eigenvalue weighted by atomic mass is 9.95. The predicted octanol–water partition coefficient (Wildman–Crippen LogP) is 3.75. The van der Waals surface area contributed by atoms with Crippen LogP contribution < -0.4 is 10.1 Å². The third-order valence-electron chi connectivity index (χ3n) is 4.95. The van der Waals surface area contributed by atoms with Crippen LogP contribution in [0.5, 0.6) is 5.75 Å². The average molecular weight is 370 g/mol. The van der Waals surface area contributed by atoms with Crippen molar-refractivity contribution in [2.45, 2.75) is 32.9 Å². The summed E-state index contributed by atoms with van der Waals surface area (Å²) in [6.07, 6.45) is 1.71. The molecule has 1 heterocycles. The summed E-state index contributed by atoms with van der Waals surface area (Å²) < 4.78 is 18.5. The zero-order chi connectivity index (χ0) is 19.1. The van der Waals surface area contributed by atoms with E-state index in [1.165, 1.54) is 12.1 Å². The van der Waals surface area contributed by atoms with Gasteiger partial charge in [0.15, 0.2) is 0 Å². The molecule has 1 saturated heterocycles. The Kier molecular flexibility index (Phi) is 6.82. The predicted molar refractivity (Wildman–Crippen MR) is 104 cm³/mol. The number of amides is 1. The number of carbonyl (C=O) groups is 1. The van der Waals surface area contributed by atoms with E-state index >= 15 is 0 Å². The lowest BCUT2D eigenvalue weighted by molar-refractivity contribution is -0.126. The maximum Gasteiger partial charge on any atom is 0.223 e. The molecule has 144 valence electrons. The monoisotopic (exact) mass is 370 g/mol. The van der Waals surface area contributed by atoms with Gasteiger partial charge in [-0.25, -0.2) is 4.39 Å². The van der Waals surface area contributed by atoms with Gasteiger partial charge in [-0.3, -0.25) is 9.69 Å². The van der Waals surface area contributed by atoms with Crippen LogP contribution in [0.2, 0.25) is 0 Å². The number of hydrogen-bond donors (Lipinski definition) is 1. The molecule has 0 radical (unpaired) electrons.